The van der Waals surface area contributed by atoms with Crippen molar-refractivity contribution in [1.29, 1.82) is 0 Å². The second-order valence-electron chi connectivity index (χ2n) is 8.28. The number of hydrogen-bond donors (Lipinski definition) is 5. The topological polar surface area (TPSA) is 137 Å². The van der Waals surface area contributed by atoms with Crippen LogP contribution >= 0.6 is 0 Å². The minimum Gasteiger partial charge on any atom is -0.493 e. The smallest absolute Gasteiger partial charge is 0.475 e. The molecule has 0 aromatic heterocycles. The Morgan fingerprint density at radius 3 is 2.45 bits per heavy atom. The molecule has 0 fully saturated rings. The maximum absolute atomic E-state index is 12.9. The van der Waals surface area contributed by atoms with E-state index >= 15 is 0 Å². The van der Waals surface area contributed by atoms with Crippen LogP contribution in [0, 0.1) is 11.8 Å². The lowest BCUT2D eigenvalue weighted by atomic mass is 9.75. The molecular weight excluding hydrogens is 403 g/mol. The molecule has 1 aliphatic rings. The minimum atomic E-state index is -1.74. The van der Waals surface area contributed by atoms with Crippen LogP contribution in [0.25, 0.3) is 0 Å². The van der Waals surface area contributed by atoms with Crippen LogP contribution in [-0.2, 0) is 22.4 Å². The number of rotatable bonds is 10. The van der Waals surface area contributed by atoms with Crippen molar-refractivity contribution in [3.05, 3.63) is 23.3 Å². The molecule has 2 amide bonds. The number of fused-ring (bicyclic) bond motifs is 1. The number of benzene rings is 1. The van der Waals surface area contributed by atoms with E-state index in [4.69, 9.17) is 9.47 Å². The molecule has 0 saturated carbocycles. The Hall–Kier alpha value is -2.30. The summed E-state index contributed by atoms with van der Waals surface area (Å²) < 4.78 is 10.8. The highest BCUT2D eigenvalue weighted by Crippen LogP contribution is 2.38. The van der Waals surface area contributed by atoms with E-state index in [1.807, 2.05) is 26.0 Å². The fourth-order valence-corrected chi connectivity index (χ4v) is 3.92. The van der Waals surface area contributed by atoms with Crippen LogP contribution in [0.1, 0.15) is 37.8 Å². The number of aliphatic hydroxyl groups excluding tert-OH is 1. The zero-order valence-corrected chi connectivity index (χ0v) is 18.6. The molecule has 1 aliphatic carbocycles. The fourth-order valence-electron chi connectivity index (χ4n) is 3.92. The third kappa shape index (κ3) is 6.35. The van der Waals surface area contributed by atoms with Gasteiger partial charge in [-0.3, -0.25) is 9.59 Å². The number of aliphatic hydroxyl groups is 1. The van der Waals surface area contributed by atoms with Gasteiger partial charge in [0, 0.05) is 11.5 Å². The highest BCUT2D eigenvalue weighted by molar-refractivity contribution is 6.43. The maximum atomic E-state index is 12.9. The second-order valence-corrected chi connectivity index (χ2v) is 8.28. The molecule has 2 rings (SSSR count). The maximum Gasteiger partial charge on any atom is 0.475 e. The lowest BCUT2D eigenvalue weighted by Crippen LogP contribution is -2.56. The van der Waals surface area contributed by atoms with Crippen molar-refractivity contribution >= 4 is 18.9 Å². The van der Waals surface area contributed by atoms with Crippen LogP contribution in [0.2, 0.25) is 0 Å². The van der Waals surface area contributed by atoms with Crippen molar-refractivity contribution in [2.24, 2.45) is 11.8 Å². The van der Waals surface area contributed by atoms with Gasteiger partial charge >= 0.3 is 7.12 Å². The largest absolute Gasteiger partial charge is 0.493 e. The Morgan fingerprint density at radius 1 is 1.19 bits per heavy atom. The van der Waals surface area contributed by atoms with E-state index in [0.29, 0.717) is 37.2 Å². The van der Waals surface area contributed by atoms with Gasteiger partial charge < -0.3 is 35.3 Å². The Bertz CT molecular complexity index is 772. The normalized spacial score (nSPS) is 17.4. The monoisotopic (exact) mass is 436 g/mol. The number of nitrogens with one attached hydrogen (secondary N) is 2. The van der Waals surface area contributed by atoms with Gasteiger partial charge in [0.05, 0.1) is 26.8 Å². The average molecular weight is 436 g/mol. The highest BCUT2D eigenvalue weighted by Gasteiger charge is 2.33. The first kappa shape index (κ1) is 25.0. The first-order valence-electron chi connectivity index (χ1n) is 10.5. The number of carbonyl (C=O) groups excluding carboxylic acids is 2. The van der Waals surface area contributed by atoms with Crippen LogP contribution in [-0.4, -0.2) is 66.9 Å². The van der Waals surface area contributed by atoms with Crippen LogP contribution in [0.5, 0.6) is 11.5 Å². The van der Waals surface area contributed by atoms with Crippen molar-refractivity contribution in [2.45, 2.75) is 51.5 Å². The molecule has 5 N–H and O–H groups in total. The van der Waals surface area contributed by atoms with Crippen LogP contribution < -0.4 is 20.1 Å². The Kier molecular flexibility index (Phi) is 9.15. The van der Waals surface area contributed by atoms with Crippen molar-refractivity contribution in [3.8, 4) is 11.5 Å². The first-order chi connectivity index (χ1) is 14.7. The van der Waals surface area contributed by atoms with Gasteiger partial charge in [0.25, 0.3) is 0 Å². The van der Waals surface area contributed by atoms with Gasteiger partial charge in [0.2, 0.25) is 11.8 Å². The molecule has 0 spiro atoms. The standard InChI is InChI=1S/C21H33BN2O7/c1-12(2)9-18(22(28)29)24-21(27)16(11-25)23-20(26)14-6-5-13-7-8-17(30-3)19(31-4)15(13)10-14/h7-8,12,14,16,18,25,28-29H,5-6,9-11H2,1-4H3,(H,23,26)(H,24,27). The second kappa shape index (κ2) is 11.4. The number of aryl methyl sites for hydroxylation is 1. The molecule has 0 radical (unpaired) electrons. The Morgan fingerprint density at radius 2 is 1.90 bits per heavy atom. The Labute approximate surface area is 183 Å². The van der Waals surface area contributed by atoms with E-state index in [-0.39, 0.29) is 11.8 Å². The molecule has 3 atom stereocenters. The average Bonchev–Trinajstić information content (AvgIpc) is 2.74. The van der Waals surface area contributed by atoms with Gasteiger partial charge in [-0.2, -0.15) is 0 Å². The van der Waals surface area contributed by atoms with Gasteiger partial charge in [-0.15, -0.1) is 0 Å². The predicted molar refractivity (Wildman–Crippen MR) is 116 cm³/mol. The lowest BCUT2D eigenvalue weighted by molar-refractivity contribution is -0.132. The summed E-state index contributed by atoms with van der Waals surface area (Å²) in [6.07, 6.45) is 2.04. The lowest BCUT2D eigenvalue weighted by Gasteiger charge is -2.28. The van der Waals surface area contributed by atoms with Gasteiger partial charge in [-0.25, -0.2) is 0 Å². The van der Waals surface area contributed by atoms with Gasteiger partial charge in [-0.1, -0.05) is 19.9 Å². The highest BCUT2D eigenvalue weighted by atomic mass is 16.5. The molecular formula is C21H33BN2O7. The summed E-state index contributed by atoms with van der Waals surface area (Å²) >= 11 is 0. The molecule has 0 bridgehead atoms. The summed E-state index contributed by atoms with van der Waals surface area (Å²) in [7, 11) is 1.37. The molecule has 0 heterocycles. The fraction of sp³-hybridized carbons (Fsp3) is 0.619. The minimum absolute atomic E-state index is 0.114. The summed E-state index contributed by atoms with van der Waals surface area (Å²) in [5.41, 5.74) is 1.99. The predicted octanol–water partition coefficient (Wildman–Crippen LogP) is -0.171. The van der Waals surface area contributed by atoms with Crippen molar-refractivity contribution in [1.82, 2.24) is 10.6 Å². The summed E-state index contributed by atoms with van der Waals surface area (Å²) in [6, 6.07) is 2.62. The molecule has 0 saturated heterocycles. The van der Waals surface area contributed by atoms with Crippen LogP contribution in [0.15, 0.2) is 12.1 Å². The molecule has 0 aliphatic heterocycles. The molecule has 172 valence electrons. The Balaban J connectivity index is 2.07. The van der Waals surface area contributed by atoms with Crippen molar-refractivity contribution in [2.75, 3.05) is 20.8 Å². The third-order valence-corrected chi connectivity index (χ3v) is 5.56. The van der Waals surface area contributed by atoms with E-state index in [2.05, 4.69) is 10.6 Å². The molecule has 1 aromatic rings. The molecule has 31 heavy (non-hydrogen) atoms. The molecule has 9 nitrogen and oxygen atoms in total. The van der Waals surface area contributed by atoms with Gasteiger partial charge in [0.1, 0.15) is 6.04 Å². The number of amides is 2. The van der Waals surface area contributed by atoms with E-state index in [9.17, 15) is 24.7 Å². The summed E-state index contributed by atoms with van der Waals surface area (Å²) in [5.74, 6) is -0.999. The number of methoxy groups -OCH3 is 2. The van der Waals surface area contributed by atoms with E-state index in [0.717, 1.165) is 11.1 Å². The number of hydrogen-bond acceptors (Lipinski definition) is 7. The van der Waals surface area contributed by atoms with E-state index in [1.54, 1.807) is 14.2 Å². The van der Waals surface area contributed by atoms with Gasteiger partial charge in [-0.05, 0) is 43.2 Å². The summed E-state index contributed by atoms with van der Waals surface area (Å²) in [6.45, 7) is 3.17. The van der Waals surface area contributed by atoms with E-state index < -0.39 is 37.5 Å². The summed E-state index contributed by atoms with van der Waals surface area (Å²) in [4.78, 5) is 25.4. The number of ether oxygens (including phenoxy) is 2. The first-order valence-corrected chi connectivity index (χ1v) is 10.5. The SMILES string of the molecule is COc1ccc2c(c1OC)CC(C(=O)NC(CO)C(=O)NC(CC(C)C)B(O)O)CC2. The molecule has 10 heteroatoms. The quantitative estimate of drug-likeness (QED) is 0.321. The molecule has 3 unspecified atom stereocenters. The van der Waals surface area contributed by atoms with Gasteiger partial charge in [0.15, 0.2) is 11.5 Å². The zero-order valence-electron chi connectivity index (χ0n) is 18.6. The number of carbonyl (C=O) groups is 2. The van der Waals surface area contributed by atoms with E-state index in [1.165, 1.54) is 0 Å². The third-order valence-electron chi connectivity index (χ3n) is 5.56. The summed E-state index contributed by atoms with van der Waals surface area (Å²) in [5, 5.41) is 33.8. The van der Waals surface area contributed by atoms with Crippen molar-refractivity contribution in [3.63, 3.8) is 0 Å². The van der Waals surface area contributed by atoms with Crippen LogP contribution in [0.4, 0.5) is 0 Å². The molecule has 1 aromatic carbocycles. The van der Waals surface area contributed by atoms with Crippen molar-refractivity contribution < 1.29 is 34.2 Å². The van der Waals surface area contributed by atoms with Crippen LogP contribution in [0.3, 0.4) is 0 Å². The zero-order chi connectivity index (χ0) is 23.1.